The number of nitrogens with one attached hydrogen (secondary N) is 1. The highest BCUT2D eigenvalue weighted by Gasteiger charge is 2.37. The van der Waals surface area contributed by atoms with Crippen LogP contribution in [0.1, 0.15) is 50.4 Å². The molecule has 6 nitrogen and oxygen atoms in total. The van der Waals surface area contributed by atoms with Crippen molar-refractivity contribution in [3.8, 4) is 0 Å². The number of hydrogen-bond acceptors (Lipinski definition) is 3. The van der Waals surface area contributed by atoms with E-state index in [-0.39, 0.29) is 6.04 Å². The fraction of sp³-hybridized carbons (Fsp3) is 0.769. The number of piperidine rings is 1. The summed E-state index contributed by atoms with van der Waals surface area (Å²) in [7, 11) is -3.40. The van der Waals surface area contributed by atoms with Gasteiger partial charge in [0.05, 0.1) is 17.9 Å². The molecule has 1 aromatic rings. The molecule has 1 N–H and O–H groups in total. The summed E-state index contributed by atoms with van der Waals surface area (Å²) in [5.41, 5.74) is 1.96. The zero-order valence-corrected chi connectivity index (χ0v) is 13.3. The minimum Gasteiger partial charge on any atom is -0.281 e. The van der Waals surface area contributed by atoms with Crippen molar-refractivity contribution in [2.45, 2.75) is 46.1 Å². The van der Waals surface area contributed by atoms with Gasteiger partial charge in [-0.15, -0.1) is 0 Å². The van der Waals surface area contributed by atoms with Crippen LogP contribution in [-0.4, -0.2) is 46.9 Å². The van der Waals surface area contributed by atoms with Crippen molar-refractivity contribution < 1.29 is 8.42 Å². The van der Waals surface area contributed by atoms with Gasteiger partial charge in [0, 0.05) is 19.6 Å². The summed E-state index contributed by atoms with van der Waals surface area (Å²) >= 11 is 0. The molecule has 1 aliphatic rings. The van der Waals surface area contributed by atoms with E-state index in [1.54, 1.807) is 10.5 Å². The largest absolute Gasteiger partial charge is 0.282 e. The molecule has 1 saturated heterocycles. The number of aromatic nitrogens is 2. The van der Waals surface area contributed by atoms with Crippen LogP contribution in [0.3, 0.4) is 0 Å². The van der Waals surface area contributed by atoms with Crippen molar-refractivity contribution in [3.05, 3.63) is 17.5 Å². The van der Waals surface area contributed by atoms with Gasteiger partial charge in [0.15, 0.2) is 0 Å². The molecule has 0 bridgehead atoms. The monoisotopic (exact) mass is 300 g/mol. The van der Waals surface area contributed by atoms with Gasteiger partial charge in [-0.2, -0.15) is 22.1 Å². The molecule has 20 heavy (non-hydrogen) atoms. The third kappa shape index (κ3) is 2.75. The lowest BCUT2D eigenvalue weighted by atomic mass is 10.00. The van der Waals surface area contributed by atoms with Gasteiger partial charge in [-0.3, -0.25) is 5.10 Å². The summed E-state index contributed by atoms with van der Waals surface area (Å²) < 4.78 is 28.7. The van der Waals surface area contributed by atoms with Crippen molar-refractivity contribution in [2.24, 2.45) is 0 Å². The molecule has 1 unspecified atom stereocenters. The van der Waals surface area contributed by atoms with Crippen LogP contribution in [0.4, 0.5) is 0 Å². The van der Waals surface area contributed by atoms with Crippen LogP contribution in [0.5, 0.6) is 0 Å². The smallest absolute Gasteiger partial charge is 0.281 e. The van der Waals surface area contributed by atoms with Gasteiger partial charge in [0.1, 0.15) is 0 Å². The second-order valence-electron chi connectivity index (χ2n) is 5.18. The van der Waals surface area contributed by atoms with E-state index in [0.717, 1.165) is 30.5 Å². The maximum absolute atomic E-state index is 12.8. The van der Waals surface area contributed by atoms with Crippen molar-refractivity contribution in [2.75, 3.05) is 19.6 Å². The van der Waals surface area contributed by atoms with E-state index < -0.39 is 10.2 Å². The lowest BCUT2D eigenvalue weighted by Gasteiger charge is -2.37. The van der Waals surface area contributed by atoms with E-state index in [2.05, 4.69) is 10.2 Å². The molecule has 1 atom stereocenters. The molecule has 0 aliphatic carbocycles. The molecule has 1 aliphatic heterocycles. The highest BCUT2D eigenvalue weighted by molar-refractivity contribution is 7.86. The van der Waals surface area contributed by atoms with Crippen molar-refractivity contribution in [1.82, 2.24) is 18.8 Å². The molecule has 2 heterocycles. The van der Waals surface area contributed by atoms with Gasteiger partial charge in [-0.05, 0) is 25.3 Å². The summed E-state index contributed by atoms with van der Waals surface area (Å²) in [6.45, 7) is 7.31. The molecule has 2 rings (SSSR count). The van der Waals surface area contributed by atoms with E-state index in [1.807, 2.05) is 20.8 Å². The van der Waals surface area contributed by atoms with Crippen LogP contribution in [-0.2, 0) is 10.2 Å². The molecular formula is C13H24N4O2S. The molecule has 0 radical (unpaired) electrons. The number of rotatable bonds is 5. The van der Waals surface area contributed by atoms with E-state index in [4.69, 9.17) is 0 Å². The number of hydrogen-bond donors (Lipinski definition) is 1. The molecule has 0 spiro atoms. The van der Waals surface area contributed by atoms with Crippen LogP contribution in [0.15, 0.2) is 6.20 Å². The Labute approximate surface area is 121 Å². The van der Waals surface area contributed by atoms with Gasteiger partial charge in [-0.25, -0.2) is 0 Å². The number of aromatic amines is 1. The molecular weight excluding hydrogens is 276 g/mol. The highest BCUT2D eigenvalue weighted by Crippen LogP contribution is 2.34. The zero-order chi connectivity index (χ0) is 14.8. The third-order valence-corrected chi connectivity index (χ3v) is 6.18. The lowest BCUT2D eigenvalue weighted by molar-refractivity contribution is 0.231. The number of H-pyrrole nitrogens is 1. The Morgan fingerprint density at radius 1 is 1.40 bits per heavy atom. The van der Waals surface area contributed by atoms with Gasteiger partial charge in [0.25, 0.3) is 10.2 Å². The summed E-state index contributed by atoms with van der Waals surface area (Å²) in [4.78, 5) is 0. The molecule has 0 aromatic carbocycles. The predicted molar refractivity (Wildman–Crippen MR) is 78.5 cm³/mol. The van der Waals surface area contributed by atoms with E-state index in [0.29, 0.717) is 19.6 Å². The lowest BCUT2D eigenvalue weighted by Crippen LogP contribution is -2.47. The fourth-order valence-corrected chi connectivity index (χ4v) is 4.70. The van der Waals surface area contributed by atoms with Crippen molar-refractivity contribution in [1.29, 1.82) is 0 Å². The second kappa shape index (κ2) is 6.24. The standard InChI is InChI=1S/C13H24N4O2S/c1-4-16(5-2)20(18,19)17-9-7-6-8-12(17)13-11(3)10-14-15-13/h10,12H,4-9H2,1-3H3,(H,14,15). The Bertz CT molecular complexity index is 536. The first-order valence-corrected chi connectivity index (χ1v) is 8.68. The molecule has 1 fully saturated rings. The number of nitrogens with zero attached hydrogens (tertiary/aromatic N) is 3. The Hall–Kier alpha value is -0.920. The molecule has 0 saturated carbocycles. The Morgan fingerprint density at radius 2 is 2.10 bits per heavy atom. The summed E-state index contributed by atoms with van der Waals surface area (Å²) in [6.07, 6.45) is 4.58. The van der Waals surface area contributed by atoms with Crippen LogP contribution in [0.25, 0.3) is 0 Å². The molecule has 114 valence electrons. The SMILES string of the molecule is CCN(CC)S(=O)(=O)N1CCCCC1c1[nH]ncc1C. The third-order valence-electron chi connectivity index (χ3n) is 3.98. The van der Waals surface area contributed by atoms with E-state index in [1.165, 1.54) is 4.31 Å². The average molecular weight is 300 g/mol. The van der Waals surface area contributed by atoms with Gasteiger partial charge in [0.2, 0.25) is 0 Å². The fourth-order valence-electron chi connectivity index (χ4n) is 2.86. The van der Waals surface area contributed by atoms with Crippen molar-refractivity contribution >= 4 is 10.2 Å². The molecule has 1 aromatic heterocycles. The Morgan fingerprint density at radius 3 is 2.65 bits per heavy atom. The maximum Gasteiger partial charge on any atom is 0.282 e. The molecule has 7 heteroatoms. The van der Waals surface area contributed by atoms with Crippen LogP contribution >= 0.6 is 0 Å². The Kier molecular flexibility index (Phi) is 4.82. The first kappa shape index (κ1) is 15.5. The topological polar surface area (TPSA) is 69.3 Å². The average Bonchev–Trinajstić information content (AvgIpc) is 2.86. The first-order valence-electron chi connectivity index (χ1n) is 7.29. The van der Waals surface area contributed by atoms with Crippen molar-refractivity contribution in [3.63, 3.8) is 0 Å². The highest BCUT2D eigenvalue weighted by atomic mass is 32.2. The number of aryl methyl sites for hydroxylation is 1. The predicted octanol–water partition coefficient (Wildman–Crippen LogP) is 1.83. The van der Waals surface area contributed by atoms with Gasteiger partial charge in [-0.1, -0.05) is 20.3 Å². The van der Waals surface area contributed by atoms with E-state index in [9.17, 15) is 8.42 Å². The normalized spacial score (nSPS) is 21.5. The van der Waals surface area contributed by atoms with Crippen LogP contribution in [0, 0.1) is 6.92 Å². The van der Waals surface area contributed by atoms with E-state index >= 15 is 0 Å². The minimum atomic E-state index is -3.40. The maximum atomic E-state index is 12.8. The quantitative estimate of drug-likeness (QED) is 0.902. The summed E-state index contributed by atoms with van der Waals surface area (Å²) in [6, 6.07) is -0.114. The Balaban J connectivity index is 2.34. The second-order valence-corrected chi connectivity index (χ2v) is 7.06. The summed E-state index contributed by atoms with van der Waals surface area (Å²) in [5, 5.41) is 7.02. The summed E-state index contributed by atoms with van der Waals surface area (Å²) in [5.74, 6) is 0. The van der Waals surface area contributed by atoms with Gasteiger partial charge < -0.3 is 0 Å². The van der Waals surface area contributed by atoms with Crippen LogP contribution < -0.4 is 0 Å². The van der Waals surface area contributed by atoms with Gasteiger partial charge >= 0.3 is 0 Å². The molecule has 0 amide bonds. The van der Waals surface area contributed by atoms with Crippen LogP contribution in [0.2, 0.25) is 0 Å². The minimum absolute atomic E-state index is 0.114. The zero-order valence-electron chi connectivity index (χ0n) is 12.5. The first-order chi connectivity index (χ1) is 9.52.